The van der Waals surface area contributed by atoms with Crippen LogP contribution in [-0.2, 0) is 10.0 Å². The average Bonchev–Trinajstić information content (AvgIpc) is 2.40. The number of benzene rings is 1. The fourth-order valence-corrected chi connectivity index (χ4v) is 3.12. The Bertz CT molecular complexity index is 700. The van der Waals surface area contributed by atoms with Crippen molar-refractivity contribution in [1.29, 1.82) is 0 Å². The summed E-state index contributed by atoms with van der Waals surface area (Å²) in [7, 11) is -3.31. The van der Waals surface area contributed by atoms with Crippen molar-refractivity contribution >= 4 is 15.9 Å². The van der Waals surface area contributed by atoms with Gasteiger partial charge in [-0.25, -0.2) is 17.5 Å². The lowest BCUT2D eigenvalue weighted by Gasteiger charge is -2.39. The molecule has 0 unspecified atom stereocenters. The van der Waals surface area contributed by atoms with Crippen molar-refractivity contribution in [2.75, 3.05) is 26.0 Å². The number of halogens is 1. The zero-order valence-electron chi connectivity index (χ0n) is 14.1. The molecule has 0 radical (unpaired) electrons. The molecule has 1 fully saturated rings. The maximum Gasteiger partial charge on any atom is 0.256 e. The third-order valence-corrected chi connectivity index (χ3v) is 4.45. The molecule has 0 atom stereocenters. The van der Waals surface area contributed by atoms with Crippen LogP contribution in [0.1, 0.15) is 30.6 Å². The van der Waals surface area contributed by atoms with Crippen LogP contribution >= 0.6 is 0 Å². The van der Waals surface area contributed by atoms with Crippen LogP contribution in [0.4, 0.5) is 4.39 Å². The molecule has 1 aromatic rings. The van der Waals surface area contributed by atoms with E-state index in [1.54, 1.807) is 6.07 Å². The molecule has 1 heterocycles. The Balaban J connectivity index is 1.92. The highest BCUT2D eigenvalue weighted by Gasteiger charge is 2.33. The second kappa shape index (κ2) is 7.48. The van der Waals surface area contributed by atoms with Gasteiger partial charge in [-0.3, -0.25) is 4.79 Å². The fourth-order valence-electron chi connectivity index (χ4n) is 2.36. The van der Waals surface area contributed by atoms with E-state index in [1.807, 2.05) is 0 Å². The number of nitrogens with one attached hydrogen (secondary N) is 1. The van der Waals surface area contributed by atoms with Gasteiger partial charge in [0, 0.05) is 19.2 Å². The first-order chi connectivity index (χ1) is 11.2. The van der Waals surface area contributed by atoms with Crippen molar-refractivity contribution in [2.24, 2.45) is 5.92 Å². The topological polar surface area (TPSA) is 75.7 Å². The van der Waals surface area contributed by atoms with E-state index in [0.29, 0.717) is 18.3 Å². The highest BCUT2D eigenvalue weighted by molar-refractivity contribution is 7.88. The lowest BCUT2D eigenvalue weighted by Crippen LogP contribution is -2.60. The highest BCUT2D eigenvalue weighted by atomic mass is 32.2. The Morgan fingerprint density at radius 3 is 2.62 bits per heavy atom. The van der Waals surface area contributed by atoms with Crippen LogP contribution in [0.25, 0.3) is 0 Å². The van der Waals surface area contributed by atoms with E-state index >= 15 is 0 Å². The van der Waals surface area contributed by atoms with E-state index < -0.39 is 21.7 Å². The van der Waals surface area contributed by atoms with Crippen LogP contribution in [-0.4, -0.2) is 51.2 Å². The fraction of sp³-hybridized carbons (Fsp3) is 0.562. The summed E-state index contributed by atoms with van der Waals surface area (Å²) in [4.78, 5) is 13.6. The van der Waals surface area contributed by atoms with E-state index in [4.69, 9.17) is 4.74 Å². The SMILES string of the molecule is CC(C)CCOc1ccc(C(=O)N2CC(NS(C)(=O)=O)C2)c(F)c1. The summed E-state index contributed by atoms with van der Waals surface area (Å²) < 4.78 is 44.2. The minimum Gasteiger partial charge on any atom is -0.493 e. The summed E-state index contributed by atoms with van der Waals surface area (Å²) in [5.41, 5.74) is -0.0379. The van der Waals surface area contributed by atoms with Gasteiger partial charge in [-0.05, 0) is 24.5 Å². The van der Waals surface area contributed by atoms with Crippen molar-refractivity contribution in [3.8, 4) is 5.75 Å². The number of carbonyl (C=O) groups excluding carboxylic acids is 1. The maximum absolute atomic E-state index is 14.1. The zero-order chi connectivity index (χ0) is 17.9. The molecular formula is C16H23FN2O4S. The molecule has 1 aliphatic rings. The summed E-state index contributed by atoms with van der Waals surface area (Å²) >= 11 is 0. The number of ether oxygens (including phenoxy) is 1. The second-order valence-electron chi connectivity index (χ2n) is 6.47. The van der Waals surface area contributed by atoms with Crippen molar-refractivity contribution in [3.05, 3.63) is 29.6 Å². The standard InChI is InChI=1S/C16H23FN2O4S/c1-11(2)6-7-23-13-4-5-14(15(17)8-13)16(20)19-9-12(10-19)18-24(3,21)22/h4-5,8,11-12,18H,6-7,9-10H2,1-3H3. The zero-order valence-corrected chi connectivity index (χ0v) is 14.9. The summed E-state index contributed by atoms with van der Waals surface area (Å²) in [6.07, 6.45) is 1.93. The average molecular weight is 358 g/mol. The number of nitrogens with zero attached hydrogens (tertiary/aromatic N) is 1. The quantitative estimate of drug-likeness (QED) is 0.804. The van der Waals surface area contributed by atoms with Crippen molar-refractivity contribution in [3.63, 3.8) is 0 Å². The van der Waals surface area contributed by atoms with Crippen LogP contribution in [0.5, 0.6) is 5.75 Å². The smallest absolute Gasteiger partial charge is 0.256 e. The number of carbonyl (C=O) groups is 1. The van der Waals surface area contributed by atoms with E-state index in [1.165, 1.54) is 17.0 Å². The largest absolute Gasteiger partial charge is 0.493 e. The Kier molecular flexibility index (Phi) is 5.82. The van der Waals surface area contributed by atoms with Gasteiger partial charge >= 0.3 is 0 Å². The Morgan fingerprint density at radius 2 is 2.08 bits per heavy atom. The van der Waals surface area contributed by atoms with Crippen molar-refractivity contribution < 1.29 is 22.3 Å². The molecule has 8 heteroatoms. The Morgan fingerprint density at radius 1 is 1.42 bits per heavy atom. The maximum atomic E-state index is 14.1. The predicted molar refractivity (Wildman–Crippen MR) is 89.0 cm³/mol. The van der Waals surface area contributed by atoms with Gasteiger partial charge in [0.05, 0.1) is 24.5 Å². The lowest BCUT2D eigenvalue weighted by atomic mass is 10.1. The van der Waals surface area contributed by atoms with Crippen LogP contribution in [0.2, 0.25) is 0 Å². The number of hydrogen-bond donors (Lipinski definition) is 1. The molecule has 0 spiro atoms. The minimum atomic E-state index is -3.31. The summed E-state index contributed by atoms with van der Waals surface area (Å²) in [6.45, 7) is 5.11. The molecule has 0 aromatic heterocycles. The predicted octanol–water partition coefficient (Wildman–Crippen LogP) is 1.62. The lowest BCUT2D eigenvalue weighted by molar-refractivity contribution is 0.0587. The third-order valence-electron chi connectivity index (χ3n) is 3.68. The van der Waals surface area contributed by atoms with E-state index in [0.717, 1.165) is 12.7 Å². The van der Waals surface area contributed by atoms with Crippen LogP contribution < -0.4 is 9.46 Å². The Labute approximate surface area is 142 Å². The molecular weight excluding hydrogens is 335 g/mol. The molecule has 1 aromatic carbocycles. The van der Waals surface area contributed by atoms with Crippen LogP contribution in [0.3, 0.4) is 0 Å². The summed E-state index contributed by atoms with van der Waals surface area (Å²) in [5.74, 6) is -0.199. The van der Waals surface area contributed by atoms with Crippen molar-refractivity contribution in [1.82, 2.24) is 9.62 Å². The van der Waals surface area contributed by atoms with Gasteiger partial charge in [-0.15, -0.1) is 0 Å². The number of rotatable bonds is 7. The first kappa shape index (κ1) is 18.7. The molecule has 2 rings (SSSR count). The Hall–Kier alpha value is -1.67. The normalized spacial score (nSPS) is 15.5. The van der Waals surface area contributed by atoms with Gasteiger partial charge < -0.3 is 9.64 Å². The molecule has 0 bridgehead atoms. The molecule has 1 aliphatic heterocycles. The molecule has 1 saturated heterocycles. The molecule has 24 heavy (non-hydrogen) atoms. The number of sulfonamides is 1. The summed E-state index contributed by atoms with van der Waals surface area (Å²) in [6, 6.07) is 3.87. The van der Waals surface area contributed by atoms with Crippen LogP contribution in [0, 0.1) is 11.7 Å². The molecule has 134 valence electrons. The minimum absolute atomic E-state index is 0.0379. The first-order valence-corrected chi connectivity index (χ1v) is 9.74. The number of likely N-dealkylation sites (tertiary alicyclic amines) is 1. The monoisotopic (exact) mass is 358 g/mol. The molecule has 0 aliphatic carbocycles. The molecule has 0 saturated carbocycles. The van der Waals surface area contributed by atoms with E-state index in [2.05, 4.69) is 18.6 Å². The van der Waals surface area contributed by atoms with E-state index in [-0.39, 0.29) is 24.7 Å². The van der Waals surface area contributed by atoms with Gasteiger partial charge in [0.25, 0.3) is 5.91 Å². The van der Waals surface area contributed by atoms with Crippen LogP contribution in [0.15, 0.2) is 18.2 Å². The molecule has 6 nitrogen and oxygen atoms in total. The van der Waals surface area contributed by atoms with Crippen molar-refractivity contribution in [2.45, 2.75) is 26.3 Å². The van der Waals surface area contributed by atoms with Gasteiger partial charge in [-0.1, -0.05) is 13.8 Å². The number of hydrogen-bond acceptors (Lipinski definition) is 4. The molecule has 1 amide bonds. The van der Waals surface area contributed by atoms with E-state index in [9.17, 15) is 17.6 Å². The second-order valence-corrected chi connectivity index (χ2v) is 8.25. The van der Waals surface area contributed by atoms with Gasteiger partial charge in [0.15, 0.2) is 0 Å². The highest BCUT2D eigenvalue weighted by Crippen LogP contribution is 2.21. The first-order valence-electron chi connectivity index (χ1n) is 7.84. The third kappa shape index (κ3) is 5.17. The van der Waals surface area contributed by atoms with Gasteiger partial charge in [0.2, 0.25) is 10.0 Å². The van der Waals surface area contributed by atoms with Gasteiger partial charge in [0.1, 0.15) is 11.6 Å². The van der Waals surface area contributed by atoms with Gasteiger partial charge in [-0.2, -0.15) is 0 Å². The molecule has 1 N–H and O–H groups in total. The summed E-state index contributed by atoms with van der Waals surface area (Å²) in [5, 5.41) is 0. The number of amides is 1.